The fourth-order valence-electron chi connectivity index (χ4n) is 3.10. The van der Waals surface area contributed by atoms with Gasteiger partial charge in [-0.3, -0.25) is 24.2 Å². The molecule has 2 N–H and O–H groups in total. The Bertz CT molecular complexity index is 1020. The number of aliphatic imine (C=N–C) groups is 2. The monoisotopic (exact) mass is 497 g/mol. The predicted molar refractivity (Wildman–Crippen MR) is 128 cm³/mol. The molecule has 0 radical (unpaired) electrons. The van der Waals surface area contributed by atoms with Crippen molar-refractivity contribution in [2.75, 3.05) is 0 Å². The lowest BCUT2D eigenvalue weighted by Crippen LogP contribution is -2.15. The average molecular weight is 498 g/mol. The van der Waals surface area contributed by atoms with Gasteiger partial charge >= 0.3 is 23.9 Å². The first-order valence-corrected chi connectivity index (χ1v) is 10.7. The van der Waals surface area contributed by atoms with Gasteiger partial charge in [-0.05, 0) is 11.1 Å². The zero-order valence-corrected chi connectivity index (χ0v) is 20.2. The lowest BCUT2D eigenvalue weighted by Gasteiger charge is -2.19. The number of nitrogens with two attached hydrogens (primary N) is 1. The summed E-state index contributed by atoms with van der Waals surface area (Å²) in [7, 11) is 0. The van der Waals surface area contributed by atoms with Crippen molar-refractivity contribution in [1.82, 2.24) is 0 Å². The summed E-state index contributed by atoms with van der Waals surface area (Å²) < 4.78 is 20.3. The van der Waals surface area contributed by atoms with Crippen molar-refractivity contribution in [3.8, 4) is 0 Å². The smallest absolute Gasteiger partial charge is 0.305 e. The molecule has 0 fully saturated rings. The van der Waals surface area contributed by atoms with E-state index in [1.54, 1.807) is 48.5 Å². The quantitative estimate of drug-likeness (QED) is 0.225. The second kappa shape index (κ2) is 13.4. The van der Waals surface area contributed by atoms with Crippen LogP contribution in [0, 0.1) is 0 Å². The van der Waals surface area contributed by atoms with Crippen molar-refractivity contribution < 1.29 is 38.1 Å². The largest absolute Gasteiger partial charge is 0.421 e. The van der Waals surface area contributed by atoms with Crippen LogP contribution in [0.3, 0.4) is 0 Å². The highest BCUT2D eigenvalue weighted by Crippen LogP contribution is 2.30. The number of benzene rings is 2. The van der Waals surface area contributed by atoms with E-state index in [1.165, 1.54) is 34.0 Å². The minimum absolute atomic E-state index is 0.452. The number of ether oxygens (including phenoxy) is 4. The van der Waals surface area contributed by atoms with Gasteiger partial charge in [0.05, 0.1) is 6.34 Å². The summed E-state index contributed by atoms with van der Waals surface area (Å²) >= 11 is 0. The number of rotatable bonds is 10. The number of hydrogen-bond donors (Lipinski definition) is 1. The van der Waals surface area contributed by atoms with E-state index in [-0.39, 0.29) is 0 Å². The van der Waals surface area contributed by atoms with Gasteiger partial charge in [-0.25, -0.2) is 4.99 Å². The molecule has 0 saturated carbocycles. The number of nitrogens with zero attached hydrogens (tertiary/aromatic N) is 2. The molecule has 11 heteroatoms. The van der Waals surface area contributed by atoms with Crippen LogP contribution in [-0.2, 0) is 38.1 Å². The van der Waals surface area contributed by atoms with E-state index in [0.29, 0.717) is 11.1 Å². The molecule has 0 aliphatic carbocycles. The second-order valence-electron chi connectivity index (χ2n) is 7.40. The topological polar surface area (TPSA) is 156 Å². The molecule has 0 bridgehead atoms. The van der Waals surface area contributed by atoms with Crippen molar-refractivity contribution in [2.24, 2.45) is 15.7 Å². The molecule has 0 aliphatic rings. The molecule has 0 spiro atoms. The van der Waals surface area contributed by atoms with Gasteiger partial charge in [-0.1, -0.05) is 48.5 Å². The van der Waals surface area contributed by atoms with Crippen molar-refractivity contribution in [3.63, 3.8) is 0 Å². The summed E-state index contributed by atoms with van der Waals surface area (Å²) in [4.78, 5) is 53.9. The van der Waals surface area contributed by atoms with Gasteiger partial charge in [0.1, 0.15) is 12.4 Å². The third kappa shape index (κ3) is 8.67. The number of esters is 4. The van der Waals surface area contributed by atoms with Crippen LogP contribution < -0.4 is 5.73 Å². The second-order valence-corrected chi connectivity index (χ2v) is 7.40. The Hall–Kier alpha value is -4.54. The molecule has 11 nitrogen and oxygen atoms in total. The van der Waals surface area contributed by atoms with E-state index in [9.17, 15) is 19.2 Å². The van der Waals surface area contributed by atoms with Gasteiger partial charge < -0.3 is 24.7 Å². The fourth-order valence-corrected chi connectivity index (χ4v) is 3.10. The molecule has 36 heavy (non-hydrogen) atoms. The first-order valence-electron chi connectivity index (χ1n) is 10.7. The molecular weight excluding hydrogens is 470 g/mol. The molecule has 0 amide bonds. The Balaban J connectivity index is 2.39. The van der Waals surface area contributed by atoms with Crippen molar-refractivity contribution in [3.05, 3.63) is 70.8 Å². The van der Waals surface area contributed by atoms with Crippen LogP contribution in [0.1, 0.15) is 68.6 Å². The summed E-state index contributed by atoms with van der Waals surface area (Å²) in [6.07, 6.45) is 0.0273. The molecule has 0 saturated heterocycles. The lowest BCUT2D eigenvalue weighted by molar-refractivity contribution is -0.188. The van der Waals surface area contributed by atoms with Gasteiger partial charge in [0, 0.05) is 38.8 Å². The fraction of sp³-hybridized carbons (Fsp3) is 0.280. The Morgan fingerprint density at radius 1 is 0.639 bits per heavy atom. The molecule has 2 aromatic rings. The molecule has 190 valence electrons. The van der Waals surface area contributed by atoms with Crippen molar-refractivity contribution in [1.29, 1.82) is 0 Å². The highest BCUT2D eigenvalue weighted by molar-refractivity contribution is 5.70. The average Bonchev–Trinajstić information content (AvgIpc) is 2.80. The lowest BCUT2D eigenvalue weighted by atomic mass is 9.97. The third-order valence-electron chi connectivity index (χ3n) is 4.51. The minimum atomic E-state index is -1.18. The normalized spacial score (nSPS) is 11.3. The molecule has 0 heterocycles. The molecule has 0 atom stereocenters. The SMILES string of the molecule is CC(=O)OC(OC(C)=O)c1ccc(C(N=CN=CN)c2ccc(C(OC(C)=O)OC(C)=O)cc2)cc1. The maximum Gasteiger partial charge on any atom is 0.305 e. The Morgan fingerprint density at radius 2 is 0.944 bits per heavy atom. The number of carbonyl (C=O) groups is 4. The molecule has 2 aromatic carbocycles. The minimum Gasteiger partial charge on any atom is -0.421 e. The zero-order valence-electron chi connectivity index (χ0n) is 20.2. The highest BCUT2D eigenvalue weighted by atomic mass is 16.7. The van der Waals surface area contributed by atoms with Crippen LogP contribution in [-0.4, -0.2) is 36.6 Å². The molecule has 2 rings (SSSR count). The van der Waals surface area contributed by atoms with E-state index >= 15 is 0 Å². The maximum atomic E-state index is 11.4. The molecule has 0 unspecified atom stereocenters. The maximum absolute atomic E-state index is 11.4. The van der Waals surface area contributed by atoms with E-state index in [2.05, 4.69) is 9.98 Å². The Kier molecular flexibility index (Phi) is 10.3. The van der Waals surface area contributed by atoms with Crippen LogP contribution in [0.25, 0.3) is 0 Å². The van der Waals surface area contributed by atoms with Crippen molar-refractivity contribution in [2.45, 2.75) is 46.3 Å². The molecule has 0 aliphatic heterocycles. The van der Waals surface area contributed by atoms with Gasteiger partial charge in [0.2, 0.25) is 0 Å². The standard InChI is InChI=1S/C25H27N3O8/c1-15(29)33-24(34-16(2)30)21-9-5-19(6-10-21)23(28-14-27-13-26)20-7-11-22(12-8-20)25(35-17(3)31)36-18(4)32/h5-14,23-25H,1-4H3,(H2,26,27,28). The van der Waals surface area contributed by atoms with E-state index in [0.717, 1.165) is 17.5 Å². The van der Waals surface area contributed by atoms with Crippen LogP contribution in [0.5, 0.6) is 0 Å². The van der Waals surface area contributed by atoms with Gasteiger partial charge in [0.25, 0.3) is 12.6 Å². The van der Waals surface area contributed by atoms with E-state index < -0.39 is 42.5 Å². The van der Waals surface area contributed by atoms with Crippen LogP contribution in [0.15, 0.2) is 58.5 Å². The van der Waals surface area contributed by atoms with Gasteiger partial charge in [-0.15, -0.1) is 0 Å². The summed E-state index contributed by atoms with van der Waals surface area (Å²) in [6.45, 7) is 4.85. The summed E-state index contributed by atoms with van der Waals surface area (Å²) in [6, 6.07) is 13.0. The van der Waals surface area contributed by atoms with Gasteiger partial charge in [0.15, 0.2) is 0 Å². The molecular formula is C25H27N3O8. The summed E-state index contributed by atoms with van der Waals surface area (Å²) in [5.41, 5.74) is 7.68. The zero-order chi connectivity index (χ0) is 26.7. The van der Waals surface area contributed by atoms with E-state index in [4.69, 9.17) is 24.7 Å². The predicted octanol–water partition coefficient (Wildman–Crippen LogP) is 3.04. The third-order valence-corrected chi connectivity index (χ3v) is 4.51. The number of hydrogen-bond acceptors (Lipinski definition) is 9. The first kappa shape index (κ1) is 27.7. The molecule has 0 aromatic heterocycles. The van der Waals surface area contributed by atoms with Crippen LogP contribution in [0.4, 0.5) is 0 Å². The van der Waals surface area contributed by atoms with Crippen LogP contribution >= 0.6 is 0 Å². The first-order chi connectivity index (χ1) is 17.1. The van der Waals surface area contributed by atoms with Gasteiger partial charge in [-0.2, -0.15) is 0 Å². The van der Waals surface area contributed by atoms with Crippen molar-refractivity contribution >= 4 is 36.6 Å². The van der Waals surface area contributed by atoms with E-state index in [1.807, 2.05) is 0 Å². The summed E-state index contributed by atoms with van der Waals surface area (Å²) in [5.74, 6) is -2.41. The highest BCUT2D eigenvalue weighted by Gasteiger charge is 2.21. The van der Waals surface area contributed by atoms with Crippen LogP contribution in [0.2, 0.25) is 0 Å². The summed E-state index contributed by atoms with van der Waals surface area (Å²) in [5, 5.41) is 0. The Labute approximate surface area is 207 Å². The number of carbonyl (C=O) groups excluding carboxylic acids is 4. The Morgan fingerprint density at radius 3 is 1.22 bits per heavy atom.